The first-order valence-electron chi connectivity index (χ1n) is 7.95. The molecule has 1 heterocycles. The zero-order valence-corrected chi connectivity index (χ0v) is 16.3. The van der Waals surface area contributed by atoms with E-state index in [4.69, 9.17) is 9.57 Å². The van der Waals surface area contributed by atoms with Gasteiger partial charge in [0.15, 0.2) is 0 Å². The van der Waals surface area contributed by atoms with Crippen molar-refractivity contribution in [3.05, 3.63) is 28.2 Å². The van der Waals surface area contributed by atoms with Crippen LogP contribution in [-0.2, 0) is 25.7 Å². The molecule has 0 spiro atoms. The molecule has 1 N–H and O–H groups in total. The van der Waals surface area contributed by atoms with Crippen LogP contribution in [0.5, 0.6) is 0 Å². The molecule has 0 aliphatic carbocycles. The maximum Gasteiger partial charge on any atom is 0.354 e. The van der Waals surface area contributed by atoms with Gasteiger partial charge in [0.1, 0.15) is 5.71 Å². The van der Waals surface area contributed by atoms with Gasteiger partial charge in [0.2, 0.25) is 0 Å². The number of hydroxylamine groups is 2. The number of hydrogen-bond acceptors (Lipinski definition) is 6. The third-order valence-corrected chi connectivity index (χ3v) is 4.42. The van der Waals surface area contributed by atoms with Crippen LogP contribution in [0.1, 0.15) is 33.3 Å². The Labute approximate surface area is 155 Å². The predicted octanol–water partition coefficient (Wildman–Crippen LogP) is 3.10. The maximum atomic E-state index is 12.2. The van der Waals surface area contributed by atoms with Gasteiger partial charge in [-0.2, -0.15) is 5.10 Å². The average molecular weight is 412 g/mol. The normalized spacial score (nSPS) is 16.9. The van der Waals surface area contributed by atoms with Gasteiger partial charge in [-0.25, -0.2) is 9.86 Å². The Hall–Kier alpha value is -1.93. The Morgan fingerprint density at radius 2 is 2.20 bits per heavy atom. The van der Waals surface area contributed by atoms with Gasteiger partial charge in [-0.05, 0) is 45.4 Å². The largest absolute Gasteiger partial charge is 0.461 e. The number of ether oxygens (including phenoxy) is 1. The van der Waals surface area contributed by atoms with Crippen molar-refractivity contribution in [2.24, 2.45) is 10.5 Å². The second-order valence-electron chi connectivity index (χ2n) is 6.33. The fraction of sp³-hybridized carbons (Fsp3) is 0.471. The molecule has 1 aromatic carbocycles. The van der Waals surface area contributed by atoms with E-state index in [-0.39, 0.29) is 11.6 Å². The second kappa shape index (κ2) is 7.97. The molecule has 1 saturated heterocycles. The summed E-state index contributed by atoms with van der Waals surface area (Å²) in [5.41, 5.74) is 4.16. The highest BCUT2D eigenvalue weighted by Crippen LogP contribution is 2.30. The van der Waals surface area contributed by atoms with Gasteiger partial charge in [-0.1, -0.05) is 22.0 Å². The molecular weight excluding hydrogens is 390 g/mol. The van der Waals surface area contributed by atoms with Gasteiger partial charge < -0.3 is 4.74 Å². The molecule has 0 aromatic heterocycles. The lowest BCUT2D eigenvalue weighted by atomic mass is 9.95. The average Bonchev–Trinajstić information content (AvgIpc) is 2.82. The Morgan fingerprint density at radius 1 is 1.48 bits per heavy atom. The third-order valence-electron chi connectivity index (χ3n) is 3.68. The van der Waals surface area contributed by atoms with Crippen molar-refractivity contribution in [2.75, 3.05) is 18.6 Å². The van der Waals surface area contributed by atoms with Crippen molar-refractivity contribution in [3.8, 4) is 0 Å². The highest BCUT2D eigenvalue weighted by atomic mass is 79.9. The molecule has 8 heteroatoms. The van der Waals surface area contributed by atoms with Crippen molar-refractivity contribution in [3.63, 3.8) is 0 Å². The first-order valence-corrected chi connectivity index (χ1v) is 8.74. The number of hydrogen-bond donors (Lipinski definition) is 1. The molecule has 0 radical (unpaired) electrons. The van der Waals surface area contributed by atoms with Gasteiger partial charge >= 0.3 is 5.97 Å². The predicted molar refractivity (Wildman–Crippen MR) is 97.8 cm³/mol. The first-order chi connectivity index (χ1) is 11.7. The molecule has 1 fully saturated rings. The summed E-state index contributed by atoms with van der Waals surface area (Å²) in [5, 5.41) is 5.39. The van der Waals surface area contributed by atoms with Crippen LogP contribution < -0.4 is 5.43 Å². The zero-order valence-electron chi connectivity index (χ0n) is 14.8. The number of nitrogens with one attached hydrogen (secondary N) is 1. The van der Waals surface area contributed by atoms with Gasteiger partial charge in [0, 0.05) is 4.47 Å². The first kappa shape index (κ1) is 19.4. The smallest absolute Gasteiger partial charge is 0.354 e. The molecule has 0 bridgehead atoms. The molecule has 25 heavy (non-hydrogen) atoms. The number of anilines is 1. The van der Waals surface area contributed by atoms with Gasteiger partial charge in [-0.3, -0.25) is 15.1 Å². The van der Waals surface area contributed by atoms with Crippen LogP contribution in [0.4, 0.5) is 5.69 Å². The van der Waals surface area contributed by atoms with Crippen LogP contribution in [-0.4, -0.2) is 35.9 Å². The number of halogens is 1. The van der Waals surface area contributed by atoms with Crippen LogP contribution in [0.25, 0.3) is 0 Å². The number of carbonyl (C=O) groups is 2. The minimum atomic E-state index is -0.493. The highest BCUT2D eigenvalue weighted by Gasteiger charge is 2.40. The molecule has 7 nitrogen and oxygen atoms in total. The lowest BCUT2D eigenvalue weighted by Crippen LogP contribution is -2.30. The summed E-state index contributed by atoms with van der Waals surface area (Å²) < 4.78 is 5.67. The number of carbonyl (C=O) groups excluding carboxylic acids is 2. The lowest BCUT2D eigenvalue weighted by molar-refractivity contribution is -0.165. The quantitative estimate of drug-likeness (QED) is 0.441. The maximum absolute atomic E-state index is 12.2. The van der Waals surface area contributed by atoms with Crippen LogP contribution in [0.2, 0.25) is 0 Å². The zero-order chi connectivity index (χ0) is 18.6. The summed E-state index contributed by atoms with van der Waals surface area (Å²) in [6, 6.07) is 5.50. The van der Waals surface area contributed by atoms with E-state index in [1.54, 1.807) is 13.8 Å². The minimum absolute atomic E-state index is 0.0312. The minimum Gasteiger partial charge on any atom is -0.461 e. The SMILES string of the molecule is CCOC(=O)C(C)=NNc1ccc(CN2OCC(C)(C)C2=O)c(Br)c1. The van der Waals surface area contributed by atoms with E-state index in [9.17, 15) is 9.59 Å². The van der Waals surface area contributed by atoms with Gasteiger partial charge in [-0.15, -0.1) is 0 Å². The molecular formula is C17H22BrN3O4. The van der Waals surface area contributed by atoms with Gasteiger partial charge in [0.05, 0.1) is 30.9 Å². The lowest BCUT2D eigenvalue weighted by Gasteiger charge is -2.17. The van der Waals surface area contributed by atoms with Gasteiger partial charge in [0.25, 0.3) is 5.91 Å². The summed E-state index contributed by atoms with van der Waals surface area (Å²) >= 11 is 3.49. The second-order valence-corrected chi connectivity index (χ2v) is 7.19. The number of benzene rings is 1. The number of esters is 1. The van der Waals surface area contributed by atoms with Crippen LogP contribution >= 0.6 is 15.9 Å². The topological polar surface area (TPSA) is 80.2 Å². The molecule has 1 aliphatic heterocycles. The fourth-order valence-corrected chi connectivity index (χ4v) is 2.65. The summed E-state index contributed by atoms with van der Waals surface area (Å²) in [4.78, 5) is 29.2. The van der Waals surface area contributed by atoms with E-state index >= 15 is 0 Å². The third kappa shape index (κ3) is 4.79. The van der Waals surface area contributed by atoms with E-state index in [0.717, 1.165) is 10.0 Å². The summed E-state index contributed by atoms with van der Waals surface area (Å²) in [7, 11) is 0. The van der Waals surface area contributed by atoms with E-state index in [0.29, 0.717) is 25.4 Å². The van der Waals surface area contributed by atoms with E-state index in [2.05, 4.69) is 26.5 Å². The number of nitrogens with zero attached hydrogens (tertiary/aromatic N) is 2. The molecule has 2 rings (SSSR count). The molecule has 1 amide bonds. The molecule has 1 aliphatic rings. The van der Waals surface area contributed by atoms with E-state index in [1.165, 1.54) is 5.06 Å². The Balaban J connectivity index is 2.02. The summed E-state index contributed by atoms with van der Waals surface area (Å²) in [6.45, 7) is 8.08. The van der Waals surface area contributed by atoms with Crippen LogP contribution in [0, 0.1) is 5.41 Å². The van der Waals surface area contributed by atoms with E-state index < -0.39 is 11.4 Å². The molecule has 0 saturated carbocycles. The molecule has 136 valence electrons. The number of hydrazone groups is 1. The summed E-state index contributed by atoms with van der Waals surface area (Å²) in [5.74, 6) is -0.491. The Morgan fingerprint density at radius 3 is 2.76 bits per heavy atom. The van der Waals surface area contributed by atoms with Crippen LogP contribution in [0.15, 0.2) is 27.8 Å². The van der Waals surface area contributed by atoms with E-state index in [1.807, 2.05) is 32.0 Å². The van der Waals surface area contributed by atoms with Crippen LogP contribution in [0.3, 0.4) is 0 Å². The van der Waals surface area contributed by atoms with Crippen molar-refractivity contribution < 1.29 is 19.2 Å². The number of amides is 1. The highest BCUT2D eigenvalue weighted by molar-refractivity contribution is 9.10. The number of rotatable bonds is 6. The molecule has 1 aromatic rings. The Bertz CT molecular complexity index is 703. The van der Waals surface area contributed by atoms with Crippen molar-refractivity contribution in [1.82, 2.24) is 5.06 Å². The fourth-order valence-electron chi connectivity index (χ4n) is 2.14. The molecule has 0 atom stereocenters. The van der Waals surface area contributed by atoms with Crippen molar-refractivity contribution in [2.45, 2.75) is 34.2 Å². The summed E-state index contributed by atoms with van der Waals surface area (Å²) in [6.07, 6.45) is 0. The molecule has 0 unspecified atom stereocenters. The standard InChI is InChI=1S/C17H22BrN3O4/c1-5-24-15(22)11(2)19-20-13-7-6-12(14(18)8-13)9-21-16(23)17(3,4)10-25-21/h6-8,20H,5,9-10H2,1-4H3. The monoisotopic (exact) mass is 411 g/mol. The van der Waals surface area contributed by atoms with Crippen molar-refractivity contribution in [1.29, 1.82) is 0 Å². The Kier molecular flexibility index (Phi) is 6.18. The van der Waals surface area contributed by atoms with Crippen molar-refractivity contribution >= 4 is 39.2 Å².